The van der Waals surface area contributed by atoms with Gasteiger partial charge in [-0.1, -0.05) is 24.3 Å². The van der Waals surface area contributed by atoms with Gasteiger partial charge in [-0.25, -0.2) is 17.2 Å². The van der Waals surface area contributed by atoms with Crippen LogP contribution in [0.4, 0.5) is 35.1 Å². The maximum Gasteiger partial charge on any atom is 0.435 e. The lowest BCUT2D eigenvalue weighted by Crippen LogP contribution is -2.64. The number of hydrogen-bond acceptors (Lipinski definition) is 4. The summed E-state index contributed by atoms with van der Waals surface area (Å²) in [6.07, 6.45) is -11.6. The van der Waals surface area contributed by atoms with Gasteiger partial charge in [-0.3, -0.25) is 9.59 Å². The normalized spacial score (nSPS) is 29.7. The number of amides is 1. The monoisotopic (exact) mass is 679 g/mol. The number of carboxylic acids is 1. The highest BCUT2D eigenvalue weighted by atomic mass is 32.2. The summed E-state index contributed by atoms with van der Waals surface area (Å²) in [6.45, 7) is 0.133. The Morgan fingerprint density at radius 1 is 0.891 bits per heavy atom. The number of piperidine rings is 1. The molecule has 1 heterocycles. The number of rotatable bonds is 5. The lowest BCUT2D eigenvalue weighted by molar-refractivity contribution is -0.348. The van der Waals surface area contributed by atoms with Crippen molar-refractivity contribution in [2.45, 2.75) is 85.1 Å². The van der Waals surface area contributed by atoms with E-state index in [2.05, 4.69) is 0 Å². The molecule has 1 saturated heterocycles. The van der Waals surface area contributed by atoms with Gasteiger partial charge in [0.25, 0.3) is 0 Å². The molecule has 1 aliphatic heterocycles. The summed E-state index contributed by atoms with van der Waals surface area (Å²) in [4.78, 5) is 26.1. The van der Waals surface area contributed by atoms with E-state index in [1.807, 2.05) is 0 Å². The van der Waals surface area contributed by atoms with Crippen LogP contribution in [0.5, 0.6) is 0 Å². The van der Waals surface area contributed by atoms with Crippen LogP contribution in [0.3, 0.4) is 0 Å². The topological polar surface area (TPSA) is 91.8 Å². The molecule has 250 valence electrons. The van der Waals surface area contributed by atoms with E-state index in [4.69, 9.17) is 0 Å². The Labute approximate surface area is 258 Å². The molecular weight excluding hydrogens is 650 g/mol. The molecule has 3 aliphatic carbocycles. The minimum atomic E-state index is -6.37. The Morgan fingerprint density at radius 2 is 1.52 bits per heavy atom. The average Bonchev–Trinajstić information content (AvgIpc) is 2.92. The van der Waals surface area contributed by atoms with Gasteiger partial charge < -0.3 is 10.0 Å². The molecule has 0 aromatic heterocycles. The Morgan fingerprint density at radius 3 is 2.11 bits per heavy atom. The van der Waals surface area contributed by atoms with Crippen molar-refractivity contribution < 1.29 is 58.2 Å². The number of aryl methyl sites for hydroxylation is 1. The van der Waals surface area contributed by atoms with E-state index in [9.17, 15) is 53.8 Å². The molecule has 2 saturated carbocycles. The predicted octanol–water partition coefficient (Wildman–Crippen LogP) is 6.61. The van der Waals surface area contributed by atoms with Crippen LogP contribution >= 0.6 is 0 Å². The molecule has 1 N–H and O–H groups in total. The van der Waals surface area contributed by atoms with E-state index in [1.165, 1.54) is 4.90 Å². The zero-order chi connectivity index (χ0) is 33.7. The number of carbonyl (C=O) groups is 2. The molecule has 15 heteroatoms. The SMILES string of the molecule is O=C(O)C1CC2(C1)CC(C(=O)N1CCCC3(S(=O)(=O)c4cccc(F)c4)c4ccc(C(F)(C(F)(F)F)C(F)(F)F)cc4CCC13)C2. The van der Waals surface area contributed by atoms with Gasteiger partial charge in [-0.15, -0.1) is 0 Å². The number of halogens is 8. The van der Waals surface area contributed by atoms with Crippen LogP contribution in [-0.4, -0.2) is 55.2 Å². The first kappa shape index (κ1) is 32.7. The van der Waals surface area contributed by atoms with Gasteiger partial charge in [0.2, 0.25) is 5.91 Å². The number of benzene rings is 2. The molecule has 2 aromatic rings. The summed E-state index contributed by atoms with van der Waals surface area (Å²) in [7, 11) is -4.68. The van der Waals surface area contributed by atoms with Crippen LogP contribution in [0, 0.1) is 23.1 Å². The Balaban J connectivity index is 1.43. The van der Waals surface area contributed by atoms with E-state index in [-0.39, 0.29) is 60.7 Å². The van der Waals surface area contributed by atoms with Crippen LogP contribution in [0.2, 0.25) is 0 Å². The van der Waals surface area contributed by atoms with E-state index in [1.54, 1.807) is 0 Å². The molecule has 2 aromatic carbocycles. The molecule has 6 nitrogen and oxygen atoms in total. The first-order valence-corrected chi connectivity index (χ1v) is 16.3. The number of hydrogen-bond donors (Lipinski definition) is 1. The van der Waals surface area contributed by atoms with E-state index in [0.29, 0.717) is 31.7 Å². The number of alkyl halides is 7. The van der Waals surface area contributed by atoms with Gasteiger partial charge in [0.05, 0.1) is 16.9 Å². The highest BCUT2D eigenvalue weighted by Crippen LogP contribution is 2.62. The molecule has 6 rings (SSSR count). The molecule has 4 aliphatic rings. The molecule has 3 fully saturated rings. The molecular formula is C31H29F8NO5S. The fourth-order valence-electron chi connectivity index (χ4n) is 8.45. The van der Waals surface area contributed by atoms with Gasteiger partial charge in [0, 0.05) is 18.0 Å². The van der Waals surface area contributed by atoms with Crippen molar-refractivity contribution in [3.63, 3.8) is 0 Å². The first-order chi connectivity index (χ1) is 21.3. The van der Waals surface area contributed by atoms with Crippen molar-refractivity contribution >= 4 is 21.7 Å². The molecule has 0 radical (unpaired) electrons. The molecule has 46 heavy (non-hydrogen) atoms. The number of sulfone groups is 1. The van der Waals surface area contributed by atoms with E-state index < -0.39 is 72.7 Å². The quantitative estimate of drug-likeness (QED) is 0.359. The van der Waals surface area contributed by atoms with Gasteiger partial charge in [-0.2, -0.15) is 26.3 Å². The number of carbonyl (C=O) groups excluding carboxylic acids is 1. The zero-order valence-corrected chi connectivity index (χ0v) is 24.9. The molecule has 0 bridgehead atoms. The lowest BCUT2D eigenvalue weighted by Gasteiger charge is -2.58. The minimum absolute atomic E-state index is 0.0923. The second-order valence-corrected chi connectivity index (χ2v) is 15.3. The largest absolute Gasteiger partial charge is 0.481 e. The number of aliphatic carboxylic acids is 1. The fraction of sp³-hybridized carbons (Fsp3) is 0.548. The summed E-state index contributed by atoms with van der Waals surface area (Å²) in [5.41, 5.74) is -8.15. The number of likely N-dealkylation sites (tertiary alicyclic amines) is 1. The zero-order valence-electron chi connectivity index (χ0n) is 24.1. The number of nitrogens with zero attached hydrogens (tertiary/aromatic N) is 1. The Hall–Kier alpha value is -3.23. The van der Waals surface area contributed by atoms with Crippen molar-refractivity contribution in [1.82, 2.24) is 4.90 Å². The lowest BCUT2D eigenvalue weighted by atomic mass is 9.48. The molecule has 2 atom stereocenters. The van der Waals surface area contributed by atoms with Crippen molar-refractivity contribution in [2.24, 2.45) is 17.3 Å². The highest BCUT2D eigenvalue weighted by molar-refractivity contribution is 7.92. The second-order valence-electron chi connectivity index (χ2n) is 13.1. The molecule has 1 amide bonds. The summed E-state index contributed by atoms with van der Waals surface area (Å²) < 4.78 is 138. The maximum absolute atomic E-state index is 15.1. The third kappa shape index (κ3) is 4.57. The van der Waals surface area contributed by atoms with Crippen LogP contribution in [-0.2, 0) is 36.3 Å². The summed E-state index contributed by atoms with van der Waals surface area (Å²) >= 11 is 0. The molecule has 2 unspecified atom stereocenters. The average molecular weight is 680 g/mol. The smallest absolute Gasteiger partial charge is 0.435 e. The van der Waals surface area contributed by atoms with Crippen molar-refractivity contribution in [2.75, 3.05) is 6.54 Å². The van der Waals surface area contributed by atoms with Gasteiger partial charge >= 0.3 is 24.0 Å². The number of carboxylic acid groups (broad SMARTS) is 1. The standard InChI is InChI=1S/C31H29F8NO5S/c32-21-3-1-4-22(12-21)46(44,45)28-9-2-10-40(25(41)18-13-27(14-18)15-19(16-27)26(42)43)24(28)8-5-17-11-20(6-7-23(17)28)29(33,30(34,35)36)31(37,38)39/h1,3-4,6-7,11-12,18-19,24H,2,5,8-10,13-16H2,(H,42,43). The van der Waals surface area contributed by atoms with Crippen LogP contribution in [0.25, 0.3) is 0 Å². The molecule has 1 spiro atoms. The van der Waals surface area contributed by atoms with Gasteiger partial charge in [0.15, 0.2) is 9.84 Å². The van der Waals surface area contributed by atoms with Crippen molar-refractivity contribution in [3.05, 3.63) is 65.0 Å². The summed E-state index contributed by atoms with van der Waals surface area (Å²) in [5, 5.41) is 9.24. The van der Waals surface area contributed by atoms with Crippen LogP contribution in [0.15, 0.2) is 47.4 Å². The second kappa shape index (κ2) is 10.4. The predicted molar refractivity (Wildman–Crippen MR) is 145 cm³/mol. The maximum atomic E-state index is 15.1. The minimum Gasteiger partial charge on any atom is -0.481 e. The number of fused-ring (bicyclic) bond motifs is 3. The van der Waals surface area contributed by atoms with Gasteiger partial charge in [-0.05, 0) is 86.1 Å². The van der Waals surface area contributed by atoms with E-state index in [0.717, 1.165) is 30.3 Å². The highest BCUT2D eigenvalue weighted by Gasteiger charge is 2.74. The van der Waals surface area contributed by atoms with Crippen molar-refractivity contribution in [3.8, 4) is 0 Å². The Kier molecular flexibility index (Phi) is 7.38. The van der Waals surface area contributed by atoms with Crippen LogP contribution in [0.1, 0.15) is 61.6 Å². The third-order valence-corrected chi connectivity index (χ3v) is 13.1. The summed E-state index contributed by atoms with van der Waals surface area (Å²) in [6, 6.07) is 4.39. The first-order valence-electron chi connectivity index (χ1n) is 14.8. The van der Waals surface area contributed by atoms with Crippen LogP contribution < -0.4 is 0 Å². The van der Waals surface area contributed by atoms with Gasteiger partial charge in [0.1, 0.15) is 10.6 Å². The van der Waals surface area contributed by atoms with Crippen molar-refractivity contribution in [1.29, 1.82) is 0 Å². The third-order valence-electron chi connectivity index (χ3n) is 10.6. The summed E-state index contributed by atoms with van der Waals surface area (Å²) in [5.74, 6) is -3.20. The Bertz CT molecular complexity index is 1680. The van der Waals surface area contributed by atoms with E-state index >= 15 is 4.39 Å². The fourth-order valence-corrected chi connectivity index (χ4v) is 10.9.